The molecule has 3 aliphatic rings. The third kappa shape index (κ3) is 4.60. The number of carbonyl (C=O) groups is 1. The zero-order chi connectivity index (χ0) is 29.8. The lowest BCUT2D eigenvalue weighted by molar-refractivity contribution is 0.0608. The molecule has 3 aliphatic heterocycles. The Labute approximate surface area is 258 Å². The second-order valence-corrected chi connectivity index (χ2v) is 13.3. The van der Waals surface area contributed by atoms with Gasteiger partial charge in [-0.3, -0.25) is 9.69 Å². The first-order chi connectivity index (χ1) is 21.5. The number of amides is 1. The van der Waals surface area contributed by atoms with E-state index in [2.05, 4.69) is 71.0 Å². The van der Waals surface area contributed by atoms with Crippen LogP contribution in [-0.4, -0.2) is 62.1 Å². The van der Waals surface area contributed by atoms with Gasteiger partial charge >= 0.3 is 0 Å². The summed E-state index contributed by atoms with van der Waals surface area (Å²) in [5.41, 5.74) is 4.95. The number of benzene rings is 3. The second-order valence-electron chi connectivity index (χ2n) is 13.3. The van der Waals surface area contributed by atoms with E-state index in [1.54, 1.807) is 24.5 Å². The lowest BCUT2D eigenvalue weighted by Crippen LogP contribution is -2.49. The van der Waals surface area contributed by atoms with Crippen molar-refractivity contribution >= 4 is 27.9 Å². The standard InChI is InChI=1S/C37H40N4O3/c1-25-38-33-9-5-6-10-34(33)41(25)29-21-27-11-12-28(22-29)40(27)20-17-37(26-7-3-2-4-8-26)15-18-39(19-16-37)36(43)32-24-44-35-23-30(42)13-14-31(32)35/h2-10,13-14,23-24,27-29,42H,11-12,15-22H2,1H3. The maximum atomic E-state index is 13.6. The molecule has 3 fully saturated rings. The molecule has 0 spiro atoms. The van der Waals surface area contributed by atoms with Crippen molar-refractivity contribution in [3.05, 3.63) is 96.0 Å². The van der Waals surface area contributed by atoms with Crippen LogP contribution in [0.1, 0.15) is 72.7 Å². The number of hydrogen-bond donors (Lipinski definition) is 1. The monoisotopic (exact) mass is 588 g/mol. The number of phenolic OH excluding ortho intramolecular Hbond substituents is 1. The van der Waals surface area contributed by atoms with Gasteiger partial charge in [0.25, 0.3) is 5.91 Å². The fraction of sp³-hybridized carbons (Fsp3) is 0.405. The first-order valence-corrected chi connectivity index (χ1v) is 16.2. The van der Waals surface area contributed by atoms with Gasteiger partial charge in [-0.25, -0.2) is 4.98 Å². The van der Waals surface area contributed by atoms with Crippen LogP contribution in [0.25, 0.3) is 22.0 Å². The van der Waals surface area contributed by atoms with E-state index in [0.717, 1.165) is 55.6 Å². The van der Waals surface area contributed by atoms with Crippen LogP contribution in [0.15, 0.2) is 83.5 Å². The minimum absolute atomic E-state index is 0.0125. The molecule has 1 N–H and O–H groups in total. The zero-order valence-electron chi connectivity index (χ0n) is 25.4. The Morgan fingerprint density at radius 3 is 2.45 bits per heavy atom. The maximum Gasteiger partial charge on any atom is 0.257 e. The van der Waals surface area contributed by atoms with Gasteiger partial charge in [0, 0.05) is 42.7 Å². The number of rotatable bonds is 6. The molecule has 2 aromatic heterocycles. The highest BCUT2D eigenvalue weighted by Gasteiger charge is 2.44. The first-order valence-electron chi connectivity index (χ1n) is 16.2. The summed E-state index contributed by atoms with van der Waals surface area (Å²) in [7, 11) is 0. The summed E-state index contributed by atoms with van der Waals surface area (Å²) in [6, 6.07) is 26.3. The average Bonchev–Trinajstić information content (AvgIpc) is 3.69. The number of phenols is 1. The van der Waals surface area contributed by atoms with Gasteiger partial charge < -0.3 is 19.0 Å². The molecule has 7 heteroatoms. The molecule has 3 saturated heterocycles. The fourth-order valence-corrected chi connectivity index (χ4v) is 8.76. The van der Waals surface area contributed by atoms with Crippen LogP contribution in [-0.2, 0) is 5.41 Å². The zero-order valence-corrected chi connectivity index (χ0v) is 25.4. The van der Waals surface area contributed by atoms with Crippen LogP contribution in [0.3, 0.4) is 0 Å². The SMILES string of the molecule is Cc1nc2ccccc2n1C1CC2CCC(C1)N2CCC1(c2ccccc2)CCN(C(=O)c2coc3cc(O)ccc23)CC1. The largest absolute Gasteiger partial charge is 0.508 e. The summed E-state index contributed by atoms with van der Waals surface area (Å²) < 4.78 is 8.14. The highest BCUT2D eigenvalue weighted by molar-refractivity contribution is 6.06. The van der Waals surface area contributed by atoms with E-state index in [9.17, 15) is 9.90 Å². The number of nitrogens with zero attached hydrogens (tertiary/aromatic N) is 4. The molecule has 44 heavy (non-hydrogen) atoms. The Morgan fingerprint density at radius 2 is 1.68 bits per heavy atom. The number of piperidine rings is 2. The number of likely N-dealkylation sites (tertiary alicyclic amines) is 1. The van der Waals surface area contributed by atoms with Crippen LogP contribution >= 0.6 is 0 Å². The van der Waals surface area contributed by atoms with Gasteiger partial charge in [-0.05, 0) is 93.7 Å². The summed E-state index contributed by atoms with van der Waals surface area (Å²) in [5.74, 6) is 1.29. The second kappa shape index (κ2) is 10.8. The molecule has 2 bridgehead atoms. The number of imidazole rings is 1. The minimum atomic E-state index is 0.0125. The Morgan fingerprint density at radius 1 is 0.955 bits per heavy atom. The molecule has 2 atom stereocenters. The first kappa shape index (κ1) is 27.4. The predicted molar refractivity (Wildman–Crippen MR) is 172 cm³/mol. The summed E-state index contributed by atoms with van der Waals surface area (Å²) in [6.07, 6.45) is 9.49. The van der Waals surface area contributed by atoms with Crippen molar-refractivity contribution in [1.29, 1.82) is 0 Å². The number of para-hydroxylation sites is 2. The predicted octanol–water partition coefficient (Wildman–Crippen LogP) is 7.23. The molecule has 0 radical (unpaired) electrons. The van der Waals surface area contributed by atoms with Gasteiger partial charge in [0.05, 0.1) is 16.6 Å². The number of furan rings is 1. The van der Waals surface area contributed by atoms with Crippen LogP contribution in [0, 0.1) is 6.92 Å². The molecule has 5 aromatic rings. The quantitative estimate of drug-likeness (QED) is 0.227. The summed E-state index contributed by atoms with van der Waals surface area (Å²) in [5, 5.41) is 10.6. The van der Waals surface area contributed by atoms with Crippen molar-refractivity contribution in [3.63, 3.8) is 0 Å². The number of aryl methyl sites for hydroxylation is 1. The molecule has 226 valence electrons. The van der Waals surface area contributed by atoms with Crippen LogP contribution < -0.4 is 0 Å². The summed E-state index contributed by atoms with van der Waals surface area (Å²) in [4.78, 5) is 23.3. The van der Waals surface area contributed by atoms with E-state index >= 15 is 0 Å². The van der Waals surface area contributed by atoms with Gasteiger partial charge in [0.1, 0.15) is 23.4 Å². The lowest BCUT2D eigenvalue weighted by atomic mass is 9.70. The average molecular weight is 589 g/mol. The van der Waals surface area contributed by atoms with E-state index < -0.39 is 0 Å². The molecule has 3 aromatic carbocycles. The van der Waals surface area contributed by atoms with Crippen molar-refractivity contribution in [2.75, 3.05) is 19.6 Å². The third-order valence-electron chi connectivity index (χ3n) is 11.0. The van der Waals surface area contributed by atoms with E-state index in [-0.39, 0.29) is 17.1 Å². The number of aromatic nitrogens is 2. The van der Waals surface area contributed by atoms with Crippen molar-refractivity contribution in [2.24, 2.45) is 0 Å². The molecule has 5 heterocycles. The van der Waals surface area contributed by atoms with E-state index in [1.807, 2.05) is 4.90 Å². The van der Waals surface area contributed by atoms with Crippen LogP contribution in [0.4, 0.5) is 0 Å². The molecular weight excluding hydrogens is 548 g/mol. The van der Waals surface area contributed by atoms with Crippen molar-refractivity contribution in [2.45, 2.75) is 75.4 Å². The van der Waals surface area contributed by atoms with E-state index in [4.69, 9.17) is 9.40 Å². The molecule has 0 aliphatic carbocycles. The number of hydrogen-bond acceptors (Lipinski definition) is 5. The Kier molecular flexibility index (Phi) is 6.74. The molecule has 8 rings (SSSR count). The Bertz CT molecular complexity index is 1800. The molecule has 0 saturated carbocycles. The highest BCUT2D eigenvalue weighted by Crippen LogP contribution is 2.45. The summed E-state index contributed by atoms with van der Waals surface area (Å²) >= 11 is 0. The van der Waals surface area contributed by atoms with Gasteiger partial charge in [0.15, 0.2) is 0 Å². The highest BCUT2D eigenvalue weighted by atomic mass is 16.3. The Hall–Kier alpha value is -4.10. The minimum Gasteiger partial charge on any atom is -0.508 e. The molecule has 1 amide bonds. The van der Waals surface area contributed by atoms with Gasteiger partial charge in [-0.2, -0.15) is 0 Å². The topological polar surface area (TPSA) is 74.7 Å². The van der Waals surface area contributed by atoms with E-state index in [0.29, 0.717) is 29.3 Å². The van der Waals surface area contributed by atoms with Crippen molar-refractivity contribution in [1.82, 2.24) is 19.4 Å². The number of carbonyl (C=O) groups excluding carboxylic acids is 1. The number of aromatic hydroxyl groups is 1. The van der Waals surface area contributed by atoms with Crippen LogP contribution in [0.2, 0.25) is 0 Å². The fourth-order valence-electron chi connectivity index (χ4n) is 8.76. The van der Waals surface area contributed by atoms with Crippen LogP contribution in [0.5, 0.6) is 5.75 Å². The van der Waals surface area contributed by atoms with Gasteiger partial charge in [0.2, 0.25) is 0 Å². The molecule has 2 unspecified atom stereocenters. The number of fused-ring (bicyclic) bond motifs is 4. The van der Waals surface area contributed by atoms with E-state index in [1.165, 1.54) is 36.8 Å². The van der Waals surface area contributed by atoms with Crippen molar-refractivity contribution in [3.8, 4) is 5.75 Å². The smallest absolute Gasteiger partial charge is 0.257 e. The molecular formula is C37H40N4O3. The third-order valence-corrected chi connectivity index (χ3v) is 11.0. The summed E-state index contributed by atoms with van der Waals surface area (Å²) in [6.45, 7) is 4.71. The Balaban J connectivity index is 0.985. The van der Waals surface area contributed by atoms with Gasteiger partial charge in [-0.15, -0.1) is 0 Å². The molecule has 7 nitrogen and oxygen atoms in total. The van der Waals surface area contributed by atoms with Crippen molar-refractivity contribution < 1.29 is 14.3 Å². The lowest BCUT2D eigenvalue weighted by Gasteiger charge is -2.45. The maximum absolute atomic E-state index is 13.6. The normalized spacial score (nSPS) is 23.5. The van der Waals surface area contributed by atoms with Gasteiger partial charge in [-0.1, -0.05) is 42.5 Å².